The van der Waals surface area contributed by atoms with Gasteiger partial charge in [-0.3, -0.25) is 9.89 Å². The van der Waals surface area contributed by atoms with Crippen molar-refractivity contribution < 1.29 is 4.74 Å². The second-order valence-electron chi connectivity index (χ2n) is 8.18. The molecule has 1 atom stereocenters. The van der Waals surface area contributed by atoms with Gasteiger partial charge in [-0.05, 0) is 12.3 Å². The molecule has 1 aromatic rings. The fraction of sp³-hybridized carbons (Fsp3) is 0.850. The van der Waals surface area contributed by atoms with E-state index in [1.807, 2.05) is 7.05 Å². The van der Waals surface area contributed by atoms with Crippen LogP contribution < -0.4 is 10.2 Å². The van der Waals surface area contributed by atoms with Crippen LogP contribution in [0.5, 0.6) is 0 Å². The summed E-state index contributed by atoms with van der Waals surface area (Å²) in [4.78, 5) is 16.5. The summed E-state index contributed by atoms with van der Waals surface area (Å²) in [6.45, 7) is 15.2. The molecule has 2 fully saturated rings. The van der Waals surface area contributed by atoms with Gasteiger partial charge in [-0.2, -0.15) is 4.37 Å². The second kappa shape index (κ2) is 11.1. The normalized spacial score (nSPS) is 20.4. The molecule has 0 radical (unpaired) electrons. The zero-order valence-electron chi connectivity index (χ0n) is 18.4. The summed E-state index contributed by atoms with van der Waals surface area (Å²) in [5, 5.41) is 4.71. The first-order chi connectivity index (χ1) is 14.1. The molecule has 29 heavy (non-hydrogen) atoms. The minimum Gasteiger partial charge on any atom is -0.379 e. The summed E-state index contributed by atoms with van der Waals surface area (Å²) in [6.07, 6.45) is 2.09. The Bertz CT molecular complexity index is 637. The molecule has 2 saturated heterocycles. The lowest BCUT2D eigenvalue weighted by molar-refractivity contribution is 0.0131. The molecule has 0 aromatic carbocycles. The summed E-state index contributed by atoms with van der Waals surface area (Å²) < 4.78 is 9.97. The van der Waals surface area contributed by atoms with Crippen molar-refractivity contribution in [2.24, 2.45) is 10.9 Å². The highest BCUT2D eigenvalue weighted by Crippen LogP contribution is 2.19. The van der Waals surface area contributed by atoms with Crippen LogP contribution >= 0.6 is 11.5 Å². The van der Waals surface area contributed by atoms with Crippen molar-refractivity contribution in [3.8, 4) is 0 Å². The molecule has 1 aromatic heterocycles. The van der Waals surface area contributed by atoms with Gasteiger partial charge in [-0.25, -0.2) is 4.98 Å². The molecule has 164 valence electrons. The number of nitrogens with one attached hydrogen (secondary N) is 1. The standard InChI is InChI=1S/C20H37N7OS/c1-5-18-23-20(29-24-18)27-8-6-26(7-9-27)19(21-4)22-15-17(14-16(2)3)25-10-12-28-13-11-25/h16-17H,5-15H2,1-4H3,(H,21,22). The quantitative estimate of drug-likeness (QED) is 0.527. The number of ether oxygens (including phenoxy) is 1. The molecule has 0 aliphatic carbocycles. The Morgan fingerprint density at radius 1 is 1.17 bits per heavy atom. The van der Waals surface area contributed by atoms with E-state index in [1.54, 1.807) is 0 Å². The Morgan fingerprint density at radius 3 is 2.48 bits per heavy atom. The van der Waals surface area contributed by atoms with Crippen LogP contribution in [0, 0.1) is 5.92 Å². The Morgan fingerprint density at radius 2 is 1.90 bits per heavy atom. The first-order valence-electron chi connectivity index (χ1n) is 11.0. The first kappa shape index (κ1) is 22.2. The van der Waals surface area contributed by atoms with E-state index >= 15 is 0 Å². The van der Waals surface area contributed by atoms with Crippen molar-refractivity contribution in [3.05, 3.63) is 5.82 Å². The second-order valence-corrected chi connectivity index (χ2v) is 8.91. The maximum atomic E-state index is 5.54. The SMILES string of the molecule is CCc1nsc(N2CCN(C(=NC)NCC(CC(C)C)N3CCOCC3)CC2)n1. The molecule has 3 rings (SSSR count). The molecular weight excluding hydrogens is 386 g/mol. The molecule has 2 aliphatic rings. The molecule has 1 N–H and O–H groups in total. The molecule has 0 saturated carbocycles. The van der Waals surface area contributed by atoms with Crippen LogP contribution in [-0.2, 0) is 11.2 Å². The summed E-state index contributed by atoms with van der Waals surface area (Å²) >= 11 is 1.52. The van der Waals surface area contributed by atoms with Crippen LogP contribution in [0.15, 0.2) is 4.99 Å². The Labute approximate surface area is 179 Å². The number of hydrogen-bond donors (Lipinski definition) is 1. The predicted molar refractivity (Wildman–Crippen MR) is 120 cm³/mol. The highest BCUT2D eigenvalue weighted by molar-refractivity contribution is 7.09. The largest absolute Gasteiger partial charge is 0.379 e. The Kier molecular flexibility index (Phi) is 8.50. The van der Waals surface area contributed by atoms with Crippen molar-refractivity contribution in [2.75, 3.05) is 71.0 Å². The molecule has 0 spiro atoms. The molecule has 0 bridgehead atoms. The van der Waals surface area contributed by atoms with E-state index in [9.17, 15) is 0 Å². The number of aryl methyl sites for hydroxylation is 1. The number of aromatic nitrogens is 2. The lowest BCUT2D eigenvalue weighted by Crippen LogP contribution is -2.55. The molecule has 8 nitrogen and oxygen atoms in total. The van der Waals surface area contributed by atoms with Gasteiger partial charge in [0, 0.05) is 76.9 Å². The molecule has 2 aliphatic heterocycles. The van der Waals surface area contributed by atoms with Crippen LogP contribution in [-0.4, -0.2) is 97.2 Å². The third kappa shape index (κ3) is 6.26. The number of piperazine rings is 1. The number of guanidine groups is 1. The monoisotopic (exact) mass is 423 g/mol. The minimum absolute atomic E-state index is 0.519. The van der Waals surface area contributed by atoms with Gasteiger partial charge in [0.1, 0.15) is 5.82 Å². The van der Waals surface area contributed by atoms with E-state index in [0.717, 1.165) is 82.4 Å². The van der Waals surface area contributed by atoms with Crippen LogP contribution in [0.3, 0.4) is 0 Å². The van der Waals surface area contributed by atoms with Crippen molar-refractivity contribution in [2.45, 2.75) is 39.7 Å². The van der Waals surface area contributed by atoms with Gasteiger partial charge in [0.2, 0.25) is 5.13 Å². The summed E-state index contributed by atoms with van der Waals surface area (Å²) in [6, 6.07) is 0.519. The summed E-state index contributed by atoms with van der Waals surface area (Å²) in [5.41, 5.74) is 0. The van der Waals surface area contributed by atoms with Crippen molar-refractivity contribution in [1.29, 1.82) is 0 Å². The van der Waals surface area contributed by atoms with Crippen molar-refractivity contribution in [3.63, 3.8) is 0 Å². The van der Waals surface area contributed by atoms with E-state index in [4.69, 9.17) is 4.74 Å². The molecule has 1 unspecified atom stereocenters. The van der Waals surface area contributed by atoms with Crippen LogP contribution in [0.2, 0.25) is 0 Å². The third-order valence-electron chi connectivity index (χ3n) is 5.64. The van der Waals surface area contributed by atoms with Crippen LogP contribution in [0.4, 0.5) is 5.13 Å². The lowest BCUT2D eigenvalue weighted by Gasteiger charge is -2.38. The van der Waals surface area contributed by atoms with E-state index < -0.39 is 0 Å². The van der Waals surface area contributed by atoms with Crippen molar-refractivity contribution in [1.82, 2.24) is 24.5 Å². The summed E-state index contributed by atoms with van der Waals surface area (Å²) in [7, 11) is 1.89. The maximum Gasteiger partial charge on any atom is 0.205 e. The number of nitrogens with zero attached hydrogens (tertiary/aromatic N) is 6. The third-order valence-corrected chi connectivity index (χ3v) is 6.45. The molecule has 9 heteroatoms. The van der Waals surface area contributed by atoms with Gasteiger partial charge in [0.15, 0.2) is 5.96 Å². The van der Waals surface area contributed by atoms with Gasteiger partial charge in [0.05, 0.1) is 13.2 Å². The molecular formula is C20H37N7OS. The van der Waals surface area contributed by atoms with E-state index in [2.05, 4.69) is 55.1 Å². The Hall–Kier alpha value is -1.45. The van der Waals surface area contributed by atoms with E-state index in [1.165, 1.54) is 18.0 Å². The fourth-order valence-electron chi connectivity index (χ4n) is 4.02. The Balaban J connectivity index is 1.51. The van der Waals surface area contributed by atoms with E-state index in [-0.39, 0.29) is 0 Å². The smallest absolute Gasteiger partial charge is 0.205 e. The maximum absolute atomic E-state index is 5.54. The number of rotatable bonds is 7. The molecule has 3 heterocycles. The number of hydrogen-bond acceptors (Lipinski definition) is 7. The topological polar surface area (TPSA) is 69.1 Å². The van der Waals surface area contributed by atoms with Gasteiger partial charge in [-0.1, -0.05) is 20.8 Å². The van der Waals surface area contributed by atoms with Gasteiger partial charge >= 0.3 is 0 Å². The number of anilines is 1. The van der Waals surface area contributed by atoms with Gasteiger partial charge in [0.25, 0.3) is 0 Å². The minimum atomic E-state index is 0.519. The van der Waals surface area contributed by atoms with E-state index in [0.29, 0.717) is 12.0 Å². The number of morpholine rings is 1. The van der Waals surface area contributed by atoms with Crippen molar-refractivity contribution >= 4 is 22.6 Å². The van der Waals surface area contributed by atoms with Crippen LogP contribution in [0.25, 0.3) is 0 Å². The average Bonchev–Trinajstić information content (AvgIpc) is 3.23. The lowest BCUT2D eigenvalue weighted by atomic mass is 10.0. The predicted octanol–water partition coefficient (Wildman–Crippen LogP) is 1.54. The highest BCUT2D eigenvalue weighted by Gasteiger charge is 2.25. The zero-order valence-corrected chi connectivity index (χ0v) is 19.2. The highest BCUT2D eigenvalue weighted by atomic mass is 32.1. The fourth-order valence-corrected chi connectivity index (χ4v) is 4.82. The van der Waals surface area contributed by atoms with Crippen LogP contribution in [0.1, 0.15) is 33.0 Å². The summed E-state index contributed by atoms with van der Waals surface area (Å²) in [5.74, 6) is 2.64. The van der Waals surface area contributed by atoms with Gasteiger partial charge < -0.3 is 19.9 Å². The zero-order chi connectivity index (χ0) is 20.6. The van der Waals surface area contributed by atoms with Gasteiger partial charge in [-0.15, -0.1) is 0 Å². The number of aliphatic imine (C=N–C) groups is 1. The molecule has 0 amide bonds. The average molecular weight is 424 g/mol. The first-order valence-corrected chi connectivity index (χ1v) is 11.7.